The normalized spacial score (nSPS) is 17.7. The molecule has 2 heterocycles. The minimum Gasteiger partial charge on any atom is -0.372 e. The smallest absolute Gasteiger partial charge is 0.240 e. The Morgan fingerprint density at radius 3 is 2.07 bits per heavy atom. The van der Waals surface area contributed by atoms with Gasteiger partial charge in [-0.3, -0.25) is 4.79 Å². The lowest BCUT2D eigenvalue weighted by atomic mass is 10.1. The second-order valence-electron chi connectivity index (χ2n) is 7.68. The molecule has 2 aromatic rings. The van der Waals surface area contributed by atoms with Crippen LogP contribution in [0.25, 0.3) is 0 Å². The average molecular weight is 414 g/mol. The zero-order chi connectivity index (χ0) is 20.3. The summed E-state index contributed by atoms with van der Waals surface area (Å²) in [5, 5.41) is 0. The van der Waals surface area contributed by atoms with Gasteiger partial charge in [-0.1, -0.05) is 12.1 Å². The Balaban J connectivity index is 1.37. The van der Waals surface area contributed by atoms with E-state index in [1.54, 1.807) is 29.2 Å². The number of amides is 1. The van der Waals surface area contributed by atoms with E-state index in [1.807, 2.05) is 12.1 Å². The second-order valence-corrected chi connectivity index (χ2v) is 9.45. The van der Waals surface area contributed by atoms with E-state index in [4.69, 9.17) is 0 Å². The summed E-state index contributed by atoms with van der Waals surface area (Å²) in [6.45, 7) is 3.11. The summed E-state index contributed by atoms with van der Waals surface area (Å²) in [7, 11) is -3.61. The Kier molecular flexibility index (Phi) is 5.87. The number of hydrogen-bond donors (Lipinski definition) is 1. The van der Waals surface area contributed by atoms with Gasteiger partial charge < -0.3 is 9.80 Å². The molecule has 2 aliphatic rings. The van der Waals surface area contributed by atoms with E-state index in [0.717, 1.165) is 30.8 Å². The molecular formula is C22H27N3O3S. The SMILES string of the molecule is O=C1CCCN1c1ccc(S(=O)(=O)NCc2ccc(N3CCCCC3)cc2)cc1. The molecule has 2 fully saturated rings. The van der Waals surface area contributed by atoms with Gasteiger partial charge in [0.1, 0.15) is 0 Å². The van der Waals surface area contributed by atoms with Crippen molar-refractivity contribution in [2.75, 3.05) is 29.4 Å². The van der Waals surface area contributed by atoms with Gasteiger partial charge in [0.05, 0.1) is 4.90 Å². The molecule has 7 heteroatoms. The van der Waals surface area contributed by atoms with Crippen molar-refractivity contribution in [1.82, 2.24) is 4.72 Å². The minimum atomic E-state index is -3.61. The number of rotatable bonds is 6. The van der Waals surface area contributed by atoms with E-state index in [0.29, 0.717) is 13.0 Å². The standard InChI is InChI=1S/C22H27N3O3S/c26-22-5-4-16-25(22)20-10-12-21(13-11-20)29(27,28)23-17-18-6-8-19(9-7-18)24-14-2-1-3-15-24/h6-13,23H,1-5,14-17H2. The van der Waals surface area contributed by atoms with Crippen molar-refractivity contribution >= 4 is 27.3 Å². The van der Waals surface area contributed by atoms with Crippen LogP contribution < -0.4 is 14.5 Å². The molecule has 0 aliphatic carbocycles. The summed E-state index contributed by atoms with van der Waals surface area (Å²) in [5.41, 5.74) is 2.87. The molecule has 1 amide bonds. The molecule has 4 rings (SSSR count). The highest BCUT2D eigenvalue weighted by atomic mass is 32.2. The first kappa shape index (κ1) is 19.9. The van der Waals surface area contributed by atoms with Crippen molar-refractivity contribution in [2.45, 2.75) is 43.5 Å². The van der Waals surface area contributed by atoms with E-state index >= 15 is 0 Å². The molecule has 0 unspecified atom stereocenters. The number of benzene rings is 2. The number of nitrogens with zero attached hydrogens (tertiary/aromatic N) is 2. The Bertz CT molecular complexity index is 950. The molecule has 154 valence electrons. The predicted molar refractivity (Wildman–Crippen MR) is 115 cm³/mol. The van der Waals surface area contributed by atoms with Crippen LogP contribution in [0, 0.1) is 0 Å². The van der Waals surface area contributed by atoms with E-state index in [2.05, 4.69) is 21.8 Å². The Morgan fingerprint density at radius 2 is 1.45 bits per heavy atom. The summed E-state index contributed by atoms with van der Waals surface area (Å²) >= 11 is 0. The molecule has 2 saturated heterocycles. The van der Waals surface area contributed by atoms with E-state index in [9.17, 15) is 13.2 Å². The quantitative estimate of drug-likeness (QED) is 0.789. The first-order chi connectivity index (χ1) is 14.0. The van der Waals surface area contributed by atoms with Gasteiger partial charge in [-0.15, -0.1) is 0 Å². The molecular weight excluding hydrogens is 386 g/mol. The summed E-state index contributed by atoms with van der Waals surface area (Å²) < 4.78 is 27.9. The van der Waals surface area contributed by atoms with Crippen LogP contribution >= 0.6 is 0 Å². The first-order valence-electron chi connectivity index (χ1n) is 10.3. The zero-order valence-electron chi connectivity index (χ0n) is 16.5. The van der Waals surface area contributed by atoms with E-state index in [1.165, 1.54) is 24.9 Å². The lowest BCUT2D eigenvalue weighted by molar-refractivity contribution is -0.117. The minimum absolute atomic E-state index is 0.0896. The molecule has 0 radical (unpaired) electrons. The van der Waals surface area contributed by atoms with Crippen molar-refractivity contribution < 1.29 is 13.2 Å². The molecule has 0 bridgehead atoms. The van der Waals surface area contributed by atoms with Crippen LogP contribution in [0.15, 0.2) is 53.4 Å². The highest BCUT2D eigenvalue weighted by Gasteiger charge is 2.22. The Labute approximate surface area is 172 Å². The molecule has 2 aliphatic heterocycles. The molecule has 0 atom stereocenters. The van der Waals surface area contributed by atoms with Gasteiger partial charge in [-0.25, -0.2) is 13.1 Å². The maximum Gasteiger partial charge on any atom is 0.240 e. The summed E-state index contributed by atoms with van der Waals surface area (Å²) in [5.74, 6) is 0.0896. The zero-order valence-corrected chi connectivity index (χ0v) is 17.3. The monoisotopic (exact) mass is 413 g/mol. The fraction of sp³-hybridized carbons (Fsp3) is 0.409. The van der Waals surface area contributed by atoms with E-state index in [-0.39, 0.29) is 17.3 Å². The predicted octanol–water partition coefficient (Wildman–Crippen LogP) is 3.28. The average Bonchev–Trinajstić information content (AvgIpc) is 3.19. The molecule has 29 heavy (non-hydrogen) atoms. The first-order valence-corrected chi connectivity index (χ1v) is 11.8. The Morgan fingerprint density at radius 1 is 0.793 bits per heavy atom. The van der Waals surface area contributed by atoms with Gasteiger partial charge in [0.25, 0.3) is 0 Å². The number of sulfonamides is 1. The number of carbonyl (C=O) groups is 1. The van der Waals surface area contributed by atoms with Gasteiger partial charge in [-0.05, 0) is 67.6 Å². The molecule has 6 nitrogen and oxygen atoms in total. The highest BCUT2D eigenvalue weighted by molar-refractivity contribution is 7.89. The number of piperidine rings is 1. The van der Waals surface area contributed by atoms with Gasteiger partial charge in [0.2, 0.25) is 15.9 Å². The van der Waals surface area contributed by atoms with E-state index < -0.39 is 10.0 Å². The van der Waals surface area contributed by atoms with Crippen LogP contribution in [-0.2, 0) is 21.4 Å². The lowest BCUT2D eigenvalue weighted by Gasteiger charge is -2.28. The molecule has 1 N–H and O–H groups in total. The third-order valence-electron chi connectivity index (χ3n) is 5.66. The van der Waals surface area contributed by atoms with Gasteiger partial charge >= 0.3 is 0 Å². The molecule has 0 spiro atoms. The molecule has 2 aromatic carbocycles. The fourth-order valence-electron chi connectivity index (χ4n) is 3.96. The van der Waals surface area contributed by atoms with Crippen LogP contribution in [0.3, 0.4) is 0 Å². The third-order valence-corrected chi connectivity index (χ3v) is 7.07. The van der Waals surface area contributed by atoms with Crippen molar-refractivity contribution in [3.8, 4) is 0 Å². The molecule has 0 aromatic heterocycles. The maximum absolute atomic E-state index is 12.6. The van der Waals surface area contributed by atoms with Gasteiger partial charge in [0.15, 0.2) is 0 Å². The summed E-state index contributed by atoms with van der Waals surface area (Å²) in [4.78, 5) is 16.1. The van der Waals surface area contributed by atoms with Crippen LogP contribution in [0.5, 0.6) is 0 Å². The third kappa shape index (κ3) is 4.62. The number of hydrogen-bond acceptors (Lipinski definition) is 4. The van der Waals surface area contributed by atoms with Crippen LogP contribution in [0.2, 0.25) is 0 Å². The summed E-state index contributed by atoms with van der Waals surface area (Å²) in [6.07, 6.45) is 5.15. The lowest BCUT2D eigenvalue weighted by Crippen LogP contribution is -2.29. The van der Waals surface area contributed by atoms with Crippen molar-refractivity contribution in [3.05, 3.63) is 54.1 Å². The fourth-order valence-corrected chi connectivity index (χ4v) is 4.98. The summed E-state index contributed by atoms with van der Waals surface area (Å²) in [6, 6.07) is 14.6. The van der Waals surface area contributed by atoms with Crippen molar-refractivity contribution in [3.63, 3.8) is 0 Å². The van der Waals surface area contributed by atoms with Gasteiger partial charge in [0, 0.05) is 44.0 Å². The van der Waals surface area contributed by atoms with Crippen molar-refractivity contribution in [2.24, 2.45) is 0 Å². The highest BCUT2D eigenvalue weighted by Crippen LogP contribution is 2.23. The van der Waals surface area contributed by atoms with Crippen LogP contribution in [0.4, 0.5) is 11.4 Å². The van der Waals surface area contributed by atoms with Crippen LogP contribution in [-0.4, -0.2) is 34.0 Å². The van der Waals surface area contributed by atoms with Gasteiger partial charge in [-0.2, -0.15) is 0 Å². The number of nitrogens with one attached hydrogen (secondary N) is 1. The largest absolute Gasteiger partial charge is 0.372 e. The van der Waals surface area contributed by atoms with Crippen LogP contribution in [0.1, 0.15) is 37.7 Å². The number of carbonyl (C=O) groups excluding carboxylic acids is 1. The Hall–Kier alpha value is -2.38. The maximum atomic E-state index is 12.6. The van der Waals surface area contributed by atoms with Crippen molar-refractivity contribution in [1.29, 1.82) is 0 Å². The molecule has 0 saturated carbocycles. The number of anilines is 2. The second kappa shape index (κ2) is 8.55. The topological polar surface area (TPSA) is 69.7 Å².